The molecule has 0 aliphatic carbocycles. The molecular formula is C18H17N3OS. The summed E-state index contributed by atoms with van der Waals surface area (Å²) in [6, 6.07) is 8.09. The van der Waals surface area contributed by atoms with E-state index in [4.69, 9.17) is 0 Å². The van der Waals surface area contributed by atoms with E-state index in [9.17, 15) is 4.79 Å². The third-order valence-corrected chi connectivity index (χ3v) is 5.56. The van der Waals surface area contributed by atoms with Gasteiger partial charge in [0.25, 0.3) is 0 Å². The molecule has 4 rings (SSSR count). The van der Waals surface area contributed by atoms with Crippen LogP contribution in [0.2, 0.25) is 0 Å². The number of hydrogen-bond donors (Lipinski definition) is 1. The quantitative estimate of drug-likeness (QED) is 0.729. The zero-order chi connectivity index (χ0) is 16.0. The molecule has 4 nitrogen and oxygen atoms in total. The number of nitrogens with zero attached hydrogens (tertiary/aromatic N) is 2. The van der Waals surface area contributed by atoms with Gasteiger partial charge in [0.1, 0.15) is 0 Å². The van der Waals surface area contributed by atoms with Gasteiger partial charge in [-0.1, -0.05) is 25.1 Å². The monoisotopic (exact) mass is 323 g/mol. The summed E-state index contributed by atoms with van der Waals surface area (Å²) in [5.74, 6) is 0.812. The van der Waals surface area contributed by atoms with Crippen molar-refractivity contribution in [3.8, 4) is 0 Å². The molecule has 0 radical (unpaired) electrons. The standard InChI is InChI=1S/C18H17N3OS/c1-3-13-14(20-10-19-13)8-11-9-23-18-16(17(11)22)12-6-4-5-7-15(12)21(18)2/h4-8,10H,3,9H2,1-2H3,(H,19,20). The van der Waals surface area contributed by atoms with E-state index in [-0.39, 0.29) is 5.78 Å². The number of benzene rings is 1. The summed E-state index contributed by atoms with van der Waals surface area (Å²) in [5.41, 5.74) is 4.70. The van der Waals surface area contributed by atoms with Crippen molar-refractivity contribution in [2.45, 2.75) is 18.4 Å². The number of carbonyl (C=O) groups excluding carboxylic acids is 1. The van der Waals surface area contributed by atoms with Gasteiger partial charge in [0.05, 0.1) is 22.6 Å². The molecule has 116 valence electrons. The summed E-state index contributed by atoms with van der Waals surface area (Å²) >= 11 is 1.72. The Labute approximate surface area is 138 Å². The maximum absolute atomic E-state index is 13.0. The number of para-hydroxylation sites is 1. The first-order valence-electron chi connectivity index (χ1n) is 7.68. The molecule has 3 heterocycles. The minimum atomic E-state index is 0.126. The SMILES string of the molecule is CCc1[nH]cnc1C=C1CSc2c(c3ccccc3n2C)C1=O. The van der Waals surface area contributed by atoms with E-state index >= 15 is 0 Å². The largest absolute Gasteiger partial charge is 0.348 e. The highest BCUT2D eigenvalue weighted by Crippen LogP contribution is 2.39. The second-order valence-electron chi connectivity index (χ2n) is 5.66. The number of imidazole rings is 1. The first kappa shape index (κ1) is 14.3. The number of aromatic nitrogens is 3. The number of thioether (sulfide) groups is 1. The molecule has 0 amide bonds. The summed E-state index contributed by atoms with van der Waals surface area (Å²) < 4.78 is 2.12. The van der Waals surface area contributed by atoms with Crippen LogP contribution in [0, 0.1) is 0 Å². The van der Waals surface area contributed by atoms with Gasteiger partial charge in [-0.2, -0.15) is 0 Å². The highest BCUT2D eigenvalue weighted by Gasteiger charge is 2.28. The minimum absolute atomic E-state index is 0.126. The predicted octanol–water partition coefficient (Wildman–Crippen LogP) is 3.84. The second-order valence-corrected chi connectivity index (χ2v) is 6.63. The van der Waals surface area contributed by atoms with Crippen LogP contribution < -0.4 is 0 Å². The molecule has 1 aliphatic rings. The number of aryl methyl sites for hydroxylation is 2. The van der Waals surface area contributed by atoms with Gasteiger partial charge in [0.2, 0.25) is 0 Å². The lowest BCUT2D eigenvalue weighted by Crippen LogP contribution is -2.13. The fraction of sp³-hybridized carbons (Fsp3) is 0.222. The zero-order valence-electron chi connectivity index (χ0n) is 13.1. The van der Waals surface area contributed by atoms with Crippen LogP contribution in [0.3, 0.4) is 0 Å². The summed E-state index contributed by atoms with van der Waals surface area (Å²) in [6.45, 7) is 2.08. The van der Waals surface area contributed by atoms with Crippen molar-refractivity contribution in [3.63, 3.8) is 0 Å². The highest BCUT2D eigenvalue weighted by molar-refractivity contribution is 7.99. The normalized spacial score (nSPS) is 16.3. The Morgan fingerprint density at radius 3 is 3.04 bits per heavy atom. The number of fused-ring (bicyclic) bond motifs is 3. The lowest BCUT2D eigenvalue weighted by molar-refractivity contribution is 0.103. The van der Waals surface area contributed by atoms with E-state index < -0.39 is 0 Å². The lowest BCUT2D eigenvalue weighted by atomic mass is 10.0. The number of carbonyl (C=O) groups is 1. The van der Waals surface area contributed by atoms with Crippen molar-refractivity contribution in [1.29, 1.82) is 0 Å². The molecule has 23 heavy (non-hydrogen) atoms. The van der Waals surface area contributed by atoms with Gasteiger partial charge in [0.15, 0.2) is 5.78 Å². The molecule has 0 saturated heterocycles. The Hall–Kier alpha value is -2.27. The second kappa shape index (κ2) is 5.42. The highest BCUT2D eigenvalue weighted by atomic mass is 32.2. The van der Waals surface area contributed by atoms with Gasteiger partial charge in [-0.05, 0) is 18.6 Å². The molecule has 2 aromatic heterocycles. The Bertz CT molecular complexity index is 948. The van der Waals surface area contributed by atoms with Crippen LogP contribution in [0.15, 0.2) is 41.2 Å². The van der Waals surface area contributed by atoms with Gasteiger partial charge in [-0.15, -0.1) is 11.8 Å². The third-order valence-electron chi connectivity index (χ3n) is 4.35. The first-order chi connectivity index (χ1) is 11.2. The molecule has 1 aliphatic heterocycles. The van der Waals surface area contributed by atoms with Gasteiger partial charge in [-0.25, -0.2) is 4.98 Å². The van der Waals surface area contributed by atoms with Crippen molar-refractivity contribution >= 4 is 34.5 Å². The van der Waals surface area contributed by atoms with Crippen molar-refractivity contribution in [3.05, 3.63) is 53.1 Å². The molecule has 0 bridgehead atoms. The lowest BCUT2D eigenvalue weighted by Gasteiger charge is -2.15. The molecule has 0 atom stereocenters. The van der Waals surface area contributed by atoms with Crippen LogP contribution in [0.5, 0.6) is 0 Å². The molecule has 1 N–H and O–H groups in total. The minimum Gasteiger partial charge on any atom is -0.348 e. The number of rotatable bonds is 2. The molecule has 0 spiro atoms. The molecule has 3 aromatic rings. The van der Waals surface area contributed by atoms with Crippen LogP contribution in [0.25, 0.3) is 17.0 Å². The molecule has 0 saturated carbocycles. The molecular weight excluding hydrogens is 306 g/mol. The molecule has 0 fully saturated rings. The average Bonchev–Trinajstić information content (AvgIpc) is 3.14. The van der Waals surface area contributed by atoms with E-state index in [2.05, 4.69) is 27.5 Å². The van der Waals surface area contributed by atoms with E-state index in [0.717, 1.165) is 44.9 Å². The van der Waals surface area contributed by atoms with E-state index in [0.29, 0.717) is 5.75 Å². The number of ketones is 1. The van der Waals surface area contributed by atoms with Gasteiger partial charge >= 0.3 is 0 Å². The first-order valence-corrected chi connectivity index (χ1v) is 8.67. The van der Waals surface area contributed by atoms with Crippen molar-refractivity contribution in [2.24, 2.45) is 7.05 Å². The third kappa shape index (κ3) is 2.15. The van der Waals surface area contributed by atoms with E-state index in [1.54, 1.807) is 18.1 Å². The van der Waals surface area contributed by atoms with Crippen molar-refractivity contribution in [2.75, 3.05) is 5.75 Å². The number of hydrogen-bond acceptors (Lipinski definition) is 3. The zero-order valence-corrected chi connectivity index (χ0v) is 13.9. The maximum Gasteiger partial charge on any atom is 0.193 e. The van der Waals surface area contributed by atoms with E-state index in [1.165, 1.54) is 0 Å². The summed E-state index contributed by atoms with van der Waals surface area (Å²) in [7, 11) is 2.03. The topological polar surface area (TPSA) is 50.7 Å². The Morgan fingerprint density at radius 2 is 2.22 bits per heavy atom. The maximum atomic E-state index is 13.0. The fourth-order valence-corrected chi connectivity index (χ4v) is 4.29. The Balaban J connectivity index is 1.85. The number of aromatic amines is 1. The molecule has 1 aromatic carbocycles. The van der Waals surface area contributed by atoms with Crippen molar-refractivity contribution < 1.29 is 4.79 Å². The van der Waals surface area contributed by atoms with Gasteiger partial charge in [-0.3, -0.25) is 4.79 Å². The van der Waals surface area contributed by atoms with Gasteiger partial charge in [0, 0.05) is 35.0 Å². The van der Waals surface area contributed by atoms with E-state index in [1.807, 2.05) is 31.3 Å². The fourth-order valence-electron chi connectivity index (χ4n) is 3.14. The van der Waals surface area contributed by atoms with Crippen LogP contribution in [-0.2, 0) is 13.5 Å². The molecule has 0 unspecified atom stereocenters. The average molecular weight is 323 g/mol. The Kier molecular flexibility index (Phi) is 3.38. The van der Waals surface area contributed by atoms with Crippen LogP contribution in [0.4, 0.5) is 0 Å². The summed E-state index contributed by atoms with van der Waals surface area (Å²) in [6.07, 6.45) is 4.50. The number of H-pyrrole nitrogens is 1. The van der Waals surface area contributed by atoms with Crippen LogP contribution in [-0.4, -0.2) is 26.1 Å². The molecule has 5 heteroatoms. The van der Waals surface area contributed by atoms with Crippen LogP contribution in [0.1, 0.15) is 28.7 Å². The summed E-state index contributed by atoms with van der Waals surface area (Å²) in [4.78, 5) is 20.5. The van der Waals surface area contributed by atoms with Gasteiger partial charge < -0.3 is 9.55 Å². The number of nitrogens with one attached hydrogen (secondary N) is 1. The van der Waals surface area contributed by atoms with Crippen molar-refractivity contribution in [1.82, 2.24) is 14.5 Å². The smallest absolute Gasteiger partial charge is 0.193 e. The number of Topliss-reactive ketones (excluding diaryl/α,β-unsaturated/α-hetero) is 1. The van der Waals surface area contributed by atoms with Crippen LogP contribution >= 0.6 is 11.8 Å². The summed E-state index contributed by atoms with van der Waals surface area (Å²) in [5, 5.41) is 2.09. The Morgan fingerprint density at radius 1 is 1.39 bits per heavy atom. The predicted molar refractivity (Wildman–Crippen MR) is 93.9 cm³/mol.